The van der Waals surface area contributed by atoms with Crippen molar-refractivity contribution in [1.29, 1.82) is 0 Å². The molecule has 0 bridgehead atoms. The van der Waals surface area contributed by atoms with E-state index in [1.807, 2.05) is 0 Å². The van der Waals surface area contributed by atoms with Gasteiger partial charge in [0.25, 0.3) is 0 Å². The Hall–Kier alpha value is 0.0900. The third-order valence-electron chi connectivity index (χ3n) is 2.21. The molecule has 1 radical (unpaired) electrons. The first-order chi connectivity index (χ1) is 6.60. The Kier molecular flexibility index (Phi) is 4.56. The van der Waals surface area contributed by atoms with Gasteiger partial charge >= 0.3 is 0 Å². The van der Waals surface area contributed by atoms with Gasteiger partial charge in [-0.3, -0.25) is 0 Å². The molecule has 0 heterocycles. The summed E-state index contributed by atoms with van der Waals surface area (Å²) < 4.78 is 0. The maximum absolute atomic E-state index is 6.10. The Bertz CT molecular complexity index is 293. The highest BCUT2D eigenvalue weighted by atomic mass is 35.5. The van der Waals surface area contributed by atoms with Crippen LogP contribution in [0.15, 0.2) is 12.1 Å². The second-order valence-electron chi connectivity index (χ2n) is 3.06. The number of hydrogen-bond acceptors (Lipinski definition) is 0. The Morgan fingerprint density at radius 3 is 1.79 bits per heavy atom. The molecule has 0 amide bonds. The van der Waals surface area contributed by atoms with Crippen LogP contribution in [0.25, 0.3) is 0 Å². The molecule has 0 atom stereocenters. The summed E-state index contributed by atoms with van der Waals surface area (Å²) in [5.41, 5.74) is 0.947. The van der Waals surface area contributed by atoms with E-state index in [0.717, 1.165) is 18.4 Å². The first kappa shape index (κ1) is 12.2. The Balaban J connectivity index is 3.19. The molecule has 1 rings (SSSR count). The largest absolute Gasteiger partial charge is 0.0842 e. The lowest BCUT2D eigenvalue weighted by atomic mass is 9.94. The van der Waals surface area contributed by atoms with Gasteiger partial charge in [0.2, 0.25) is 0 Å². The SMILES string of the molecule is CC[C](CC)c1c(Cl)cc(Cl)cc1Cl. The zero-order valence-corrected chi connectivity index (χ0v) is 10.5. The van der Waals surface area contributed by atoms with Crippen LogP contribution in [0.2, 0.25) is 15.1 Å². The van der Waals surface area contributed by atoms with Gasteiger partial charge in [0.1, 0.15) is 0 Å². The Morgan fingerprint density at radius 1 is 1.00 bits per heavy atom. The van der Waals surface area contributed by atoms with Gasteiger partial charge in [0, 0.05) is 21.0 Å². The summed E-state index contributed by atoms with van der Waals surface area (Å²) in [7, 11) is 0. The molecular weight excluding hydrogens is 238 g/mol. The van der Waals surface area contributed by atoms with Gasteiger partial charge in [-0.05, 0) is 30.5 Å². The maximum Gasteiger partial charge on any atom is 0.0473 e. The number of halogens is 3. The lowest BCUT2D eigenvalue weighted by Gasteiger charge is -2.15. The van der Waals surface area contributed by atoms with Gasteiger partial charge in [0.15, 0.2) is 0 Å². The molecule has 1 aromatic carbocycles. The third-order valence-corrected chi connectivity index (χ3v) is 3.03. The van der Waals surface area contributed by atoms with E-state index in [1.54, 1.807) is 12.1 Å². The van der Waals surface area contributed by atoms with Crippen LogP contribution in [0.1, 0.15) is 32.3 Å². The van der Waals surface area contributed by atoms with Gasteiger partial charge in [-0.1, -0.05) is 48.7 Å². The lowest BCUT2D eigenvalue weighted by Crippen LogP contribution is -1.98. The van der Waals surface area contributed by atoms with Crippen LogP contribution in [-0.4, -0.2) is 0 Å². The number of rotatable bonds is 3. The molecule has 0 aliphatic carbocycles. The van der Waals surface area contributed by atoms with E-state index in [1.165, 1.54) is 5.92 Å². The molecule has 1 aromatic rings. The fraction of sp³-hybridized carbons (Fsp3) is 0.364. The standard InChI is InChI=1S/C11H12Cl3/c1-3-7(4-2)11-9(13)5-8(12)6-10(11)14/h5-6H,3-4H2,1-2H3. The van der Waals surface area contributed by atoms with Crippen molar-refractivity contribution in [3.63, 3.8) is 0 Å². The van der Waals surface area contributed by atoms with Crippen LogP contribution in [0.3, 0.4) is 0 Å². The maximum atomic E-state index is 6.10. The van der Waals surface area contributed by atoms with Crippen molar-refractivity contribution >= 4 is 34.8 Å². The second-order valence-corrected chi connectivity index (χ2v) is 4.31. The molecule has 0 N–H and O–H groups in total. The lowest BCUT2D eigenvalue weighted by molar-refractivity contribution is 0.850. The molecule has 0 aliphatic heterocycles. The zero-order chi connectivity index (χ0) is 10.7. The van der Waals surface area contributed by atoms with Crippen LogP contribution in [0, 0.1) is 5.92 Å². The van der Waals surface area contributed by atoms with E-state index in [2.05, 4.69) is 13.8 Å². The van der Waals surface area contributed by atoms with Crippen LogP contribution >= 0.6 is 34.8 Å². The fourth-order valence-corrected chi connectivity index (χ4v) is 2.57. The summed E-state index contributed by atoms with van der Waals surface area (Å²) in [6, 6.07) is 3.46. The van der Waals surface area contributed by atoms with Crippen molar-refractivity contribution in [2.45, 2.75) is 26.7 Å². The second kappa shape index (κ2) is 5.25. The van der Waals surface area contributed by atoms with E-state index < -0.39 is 0 Å². The molecule has 0 nitrogen and oxygen atoms in total. The van der Waals surface area contributed by atoms with Crippen LogP contribution in [0.4, 0.5) is 0 Å². The molecule has 0 aliphatic rings. The van der Waals surface area contributed by atoms with E-state index in [4.69, 9.17) is 34.8 Å². The molecular formula is C11H12Cl3. The molecule has 14 heavy (non-hydrogen) atoms. The van der Waals surface area contributed by atoms with Crippen LogP contribution < -0.4 is 0 Å². The van der Waals surface area contributed by atoms with Gasteiger partial charge in [0.05, 0.1) is 0 Å². The summed E-state index contributed by atoms with van der Waals surface area (Å²) in [6.45, 7) is 4.19. The summed E-state index contributed by atoms with van der Waals surface area (Å²) in [4.78, 5) is 0. The van der Waals surface area contributed by atoms with Crippen molar-refractivity contribution < 1.29 is 0 Å². The van der Waals surface area contributed by atoms with Crippen molar-refractivity contribution in [3.8, 4) is 0 Å². The highest BCUT2D eigenvalue weighted by Gasteiger charge is 2.16. The molecule has 77 valence electrons. The highest BCUT2D eigenvalue weighted by Crippen LogP contribution is 2.36. The van der Waals surface area contributed by atoms with Gasteiger partial charge in [-0.25, -0.2) is 0 Å². The minimum absolute atomic E-state index is 0.579. The van der Waals surface area contributed by atoms with Gasteiger partial charge in [-0.15, -0.1) is 0 Å². The molecule has 3 heteroatoms. The summed E-state index contributed by atoms with van der Waals surface area (Å²) >= 11 is 18.0. The van der Waals surface area contributed by atoms with Gasteiger partial charge < -0.3 is 0 Å². The van der Waals surface area contributed by atoms with Crippen molar-refractivity contribution in [2.24, 2.45) is 0 Å². The Morgan fingerprint density at radius 2 is 1.43 bits per heavy atom. The zero-order valence-electron chi connectivity index (χ0n) is 8.20. The Labute approximate surface area is 100 Å². The van der Waals surface area contributed by atoms with Crippen molar-refractivity contribution in [2.75, 3.05) is 0 Å². The molecule has 0 saturated carbocycles. The van der Waals surface area contributed by atoms with Crippen molar-refractivity contribution in [1.82, 2.24) is 0 Å². The van der Waals surface area contributed by atoms with Crippen LogP contribution in [-0.2, 0) is 0 Å². The molecule has 0 unspecified atom stereocenters. The van der Waals surface area contributed by atoms with E-state index in [0.29, 0.717) is 15.1 Å². The molecule has 0 fully saturated rings. The van der Waals surface area contributed by atoms with E-state index >= 15 is 0 Å². The minimum Gasteiger partial charge on any atom is -0.0842 e. The van der Waals surface area contributed by atoms with E-state index in [9.17, 15) is 0 Å². The minimum atomic E-state index is 0.579. The average molecular weight is 251 g/mol. The van der Waals surface area contributed by atoms with Crippen molar-refractivity contribution in [3.05, 3.63) is 38.7 Å². The molecule has 0 aromatic heterocycles. The van der Waals surface area contributed by atoms with Crippen LogP contribution in [0.5, 0.6) is 0 Å². The first-order valence-electron chi connectivity index (χ1n) is 4.59. The summed E-state index contributed by atoms with van der Waals surface area (Å²) in [5.74, 6) is 1.26. The smallest absolute Gasteiger partial charge is 0.0473 e. The van der Waals surface area contributed by atoms with Gasteiger partial charge in [-0.2, -0.15) is 0 Å². The normalized spacial score (nSPS) is 11.0. The first-order valence-corrected chi connectivity index (χ1v) is 5.73. The number of hydrogen-bond donors (Lipinski definition) is 0. The quantitative estimate of drug-likeness (QED) is 0.675. The van der Waals surface area contributed by atoms with E-state index in [-0.39, 0.29) is 0 Å². The summed E-state index contributed by atoms with van der Waals surface area (Å²) in [5, 5.41) is 1.86. The highest BCUT2D eigenvalue weighted by molar-refractivity contribution is 6.39. The summed E-state index contributed by atoms with van der Waals surface area (Å²) in [6.07, 6.45) is 1.91. The molecule has 0 spiro atoms. The molecule has 0 saturated heterocycles. The average Bonchev–Trinajstić information content (AvgIpc) is 2.10. The number of benzene rings is 1. The monoisotopic (exact) mass is 249 g/mol. The topological polar surface area (TPSA) is 0 Å². The fourth-order valence-electron chi connectivity index (χ4n) is 1.48. The predicted molar refractivity (Wildman–Crippen MR) is 64.4 cm³/mol. The predicted octanol–water partition coefficient (Wildman–Crippen LogP) is 5.39. The third kappa shape index (κ3) is 2.56.